The first-order valence-corrected chi connectivity index (χ1v) is 4.46. The van der Waals surface area contributed by atoms with Gasteiger partial charge in [0.05, 0.1) is 11.3 Å². The van der Waals surface area contributed by atoms with E-state index in [9.17, 15) is 22.0 Å². The van der Waals surface area contributed by atoms with Crippen LogP contribution in [0.2, 0.25) is 0 Å². The summed E-state index contributed by atoms with van der Waals surface area (Å²) in [6.45, 7) is -0.352. The van der Waals surface area contributed by atoms with E-state index in [-0.39, 0.29) is 17.8 Å². The van der Waals surface area contributed by atoms with Crippen molar-refractivity contribution in [3.05, 3.63) is 23.0 Å². The molecule has 0 atom stereocenters. The van der Waals surface area contributed by atoms with E-state index in [1.807, 2.05) is 0 Å². The van der Waals surface area contributed by atoms with Gasteiger partial charge < -0.3 is 10.5 Å². The number of alkyl halides is 5. The van der Waals surface area contributed by atoms with Crippen LogP contribution in [-0.2, 0) is 6.54 Å². The zero-order valence-corrected chi connectivity index (χ0v) is 8.63. The van der Waals surface area contributed by atoms with Gasteiger partial charge in [0.1, 0.15) is 11.8 Å². The van der Waals surface area contributed by atoms with E-state index < -0.39 is 24.2 Å². The maximum atomic E-state index is 12.5. The third-order valence-corrected chi connectivity index (χ3v) is 1.84. The number of ether oxygens (including phenoxy) is 1. The minimum Gasteiger partial charge on any atom is -0.404 e. The lowest BCUT2D eigenvalue weighted by Crippen LogP contribution is -2.19. The second kappa shape index (κ2) is 5.14. The predicted molar refractivity (Wildman–Crippen MR) is 48.5 cm³/mol. The van der Waals surface area contributed by atoms with Crippen molar-refractivity contribution in [2.75, 3.05) is 0 Å². The van der Waals surface area contributed by atoms with E-state index in [2.05, 4.69) is 9.72 Å². The minimum absolute atomic E-state index is 0.220. The monoisotopic (exact) mass is 267 g/mol. The van der Waals surface area contributed by atoms with Crippen LogP contribution in [0.5, 0.6) is 5.75 Å². The molecule has 9 heteroatoms. The molecule has 0 spiro atoms. The lowest BCUT2D eigenvalue weighted by atomic mass is 10.1. The molecule has 4 nitrogen and oxygen atoms in total. The van der Waals surface area contributed by atoms with Crippen LogP contribution in [0.3, 0.4) is 0 Å². The fourth-order valence-corrected chi connectivity index (χ4v) is 1.16. The molecule has 18 heavy (non-hydrogen) atoms. The van der Waals surface area contributed by atoms with Gasteiger partial charge in [0, 0.05) is 12.6 Å². The molecule has 0 amide bonds. The first-order chi connectivity index (χ1) is 8.28. The highest BCUT2D eigenvalue weighted by molar-refractivity contribution is 5.42. The van der Waals surface area contributed by atoms with Crippen molar-refractivity contribution in [2.24, 2.45) is 5.73 Å². The van der Waals surface area contributed by atoms with Crippen LogP contribution in [0.25, 0.3) is 0 Å². The highest BCUT2D eigenvalue weighted by atomic mass is 19.4. The normalized spacial score (nSPS) is 11.4. The summed E-state index contributed by atoms with van der Waals surface area (Å²) in [5.74, 6) is -1.20. The number of halogens is 5. The average Bonchev–Trinajstić information content (AvgIpc) is 2.25. The molecule has 2 N–H and O–H groups in total. The van der Waals surface area contributed by atoms with Gasteiger partial charge in [-0.1, -0.05) is 0 Å². The molecule has 0 bridgehead atoms. The van der Waals surface area contributed by atoms with E-state index in [1.54, 1.807) is 0 Å². The molecule has 1 rings (SSSR count). The first kappa shape index (κ1) is 14.1. The Labute approximate surface area is 97.8 Å². The summed E-state index contributed by atoms with van der Waals surface area (Å²) in [5, 5.41) is 8.63. The molecule has 1 heterocycles. The van der Waals surface area contributed by atoms with Gasteiger partial charge in [-0.05, 0) is 0 Å². The Morgan fingerprint density at radius 3 is 2.44 bits per heavy atom. The first-order valence-electron chi connectivity index (χ1n) is 4.46. The Kier molecular flexibility index (Phi) is 4.03. The number of nitrogens with zero attached hydrogens (tertiary/aromatic N) is 2. The number of nitriles is 1. The van der Waals surface area contributed by atoms with Crippen LogP contribution in [0.15, 0.2) is 6.07 Å². The lowest BCUT2D eigenvalue weighted by molar-refractivity contribution is -0.275. The van der Waals surface area contributed by atoms with Crippen LogP contribution in [0.1, 0.15) is 23.4 Å². The van der Waals surface area contributed by atoms with Gasteiger partial charge in [0.25, 0.3) is 6.43 Å². The molecular formula is C9H6F5N3O. The number of pyridine rings is 1. The molecule has 0 saturated heterocycles. The van der Waals surface area contributed by atoms with Crippen LogP contribution in [0.4, 0.5) is 22.0 Å². The maximum absolute atomic E-state index is 12.5. The molecule has 0 saturated carbocycles. The summed E-state index contributed by atoms with van der Waals surface area (Å²) >= 11 is 0. The van der Waals surface area contributed by atoms with Gasteiger partial charge >= 0.3 is 6.36 Å². The van der Waals surface area contributed by atoms with Crippen LogP contribution < -0.4 is 10.5 Å². The molecule has 1 aromatic rings. The second-order valence-electron chi connectivity index (χ2n) is 3.03. The highest BCUT2D eigenvalue weighted by Crippen LogP contribution is 2.32. The van der Waals surface area contributed by atoms with Crippen molar-refractivity contribution in [1.82, 2.24) is 4.98 Å². The largest absolute Gasteiger partial charge is 0.573 e. The number of hydrogen-bond acceptors (Lipinski definition) is 4. The Bertz CT molecular complexity index is 480. The molecule has 0 fully saturated rings. The van der Waals surface area contributed by atoms with Crippen molar-refractivity contribution in [3.63, 3.8) is 0 Å². The Morgan fingerprint density at radius 2 is 2.06 bits per heavy atom. The van der Waals surface area contributed by atoms with Gasteiger partial charge in [0.15, 0.2) is 5.75 Å². The fourth-order valence-electron chi connectivity index (χ4n) is 1.16. The van der Waals surface area contributed by atoms with Gasteiger partial charge in [0.2, 0.25) is 0 Å². The smallest absolute Gasteiger partial charge is 0.404 e. The van der Waals surface area contributed by atoms with Crippen molar-refractivity contribution >= 4 is 0 Å². The van der Waals surface area contributed by atoms with Crippen molar-refractivity contribution in [1.29, 1.82) is 5.26 Å². The molecule has 0 aliphatic heterocycles. The molecule has 1 aromatic heterocycles. The van der Waals surface area contributed by atoms with Crippen molar-refractivity contribution in [2.45, 2.75) is 19.3 Å². The zero-order valence-electron chi connectivity index (χ0n) is 8.63. The molecule has 0 radical (unpaired) electrons. The molecular weight excluding hydrogens is 261 g/mol. The van der Waals surface area contributed by atoms with Gasteiger partial charge in [-0.25, -0.2) is 13.8 Å². The quantitative estimate of drug-likeness (QED) is 0.852. The number of nitrogens with two attached hydrogens (primary N) is 1. The van der Waals surface area contributed by atoms with Crippen LogP contribution in [0, 0.1) is 11.3 Å². The molecule has 98 valence electrons. The maximum Gasteiger partial charge on any atom is 0.573 e. The summed E-state index contributed by atoms with van der Waals surface area (Å²) in [6.07, 6.45) is -8.43. The van der Waals surface area contributed by atoms with E-state index in [1.165, 1.54) is 6.07 Å². The van der Waals surface area contributed by atoms with Gasteiger partial charge in [-0.15, -0.1) is 13.2 Å². The van der Waals surface area contributed by atoms with E-state index in [0.717, 1.165) is 0 Å². The summed E-state index contributed by atoms with van der Waals surface area (Å²) in [6, 6.07) is 2.05. The highest BCUT2D eigenvalue weighted by Gasteiger charge is 2.34. The number of aromatic nitrogens is 1. The summed E-state index contributed by atoms with van der Waals surface area (Å²) in [4.78, 5) is 3.22. The number of rotatable bonds is 3. The summed E-state index contributed by atoms with van der Waals surface area (Å²) in [7, 11) is 0. The Hall–Kier alpha value is -1.95. The lowest BCUT2D eigenvalue weighted by Gasteiger charge is -2.13. The summed E-state index contributed by atoms with van der Waals surface area (Å²) in [5.41, 5.74) is 3.38. The molecule has 0 aliphatic carbocycles. The minimum atomic E-state index is -5.15. The average molecular weight is 267 g/mol. The predicted octanol–water partition coefficient (Wildman–Crippen LogP) is 2.25. The Morgan fingerprint density at radius 1 is 1.44 bits per heavy atom. The SMILES string of the molecule is N#Cc1cc(OC(F)(F)F)c(C(F)F)nc1CN. The van der Waals surface area contributed by atoms with Gasteiger partial charge in [-0.2, -0.15) is 5.26 Å². The second-order valence-corrected chi connectivity index (χ2v) is 3.03. The molecule has 0 aromatic carbocycles. The van der Waals surface area contributed by atoms with Gasteiger partial charge in [-0.3, -0.25) is 0 Å². The number of hydrogen-bond donors (Lipinski definition) is 1. The Balaban J connectivity index is 3.35. The van der Waals surface area contributed by atoms with Crippen LogP contribution >= 0.6 is 0 Å². The van der Waals surface area contributed by atoms with Crippen molar-refractivity contribution in [3.8, 4) is 11.8 Å². The van der Waals surface area contributed by atoms with E-state index in [0.29, 0.717) is 6.07 Å². The third kappa shape index (κ3) is 3.27. The van der Waals surface area contributed by atoms with Crippen molar-refractivity contribution < 1.29 is 26.7 Å². The molecule has 0 aliphatic rings. The zero-order chi connectivity index (χ0) is 13.9. The fraction of sp³-hybridized carbons (Fsp3) is 0.333. The molecule has 0 unspecified atom stereocenters. The topological polar surface area (TPSA) is 71.9 Å². The summed E-state index contributed by atoms with van der Waals surface area (Å²) < 4.78 is 64.4. The standard InChI is InChI=1S/C9H6F5N3O/c10-8(11)7-6(18-9(12,13)14)1-4(2-15)5(3-16)17-7/h1,8H,3,16H2. The van der Waals surface area contributed by atoms with E-state index in [4.69, 9.17) is 11.0 Å². The third-order valence-electron chi connectivity index (χ3n) is 1.84. The van der Waals surface area contributed by atoms with Crippen LogP contribution in [-0.4, -0.2) is 11.3 Å². The van der Waals surface area contributed by atoms with E-state index >= 15 is 0 Å².